The van der Waals surface area contributed by atoms with Gasteiger partial charge >= 0.3 is 0 Å². The Morgan fingerprint density at radius 2 is 2.06 bits per heavy atom. The molecule has 1 spiro atoms. The highest BCUT2D eigenvalue weighted by Gasteiger charge is 2.37. The molecule has 0 aromatic heterocycles. The van der Waals surface area contributed by atoms with Crippen LogP contribution in [-0.2, 0) is 0 Å². The molecule has 3 rings (SSSR count). The molecular formula is C15H21BrN2. The van der Waals surface area contributed by atoms with Crippen molar-refractivity contribution in [2.45, 2.75) is 38.1 Å². The molecule has 0 atom stereocenters. The predicted octanol–water partition coefficient (Wildman–Crippen LogP) is 3.48. The lowest BCUT2D eigenvalue weighted by molar-refractivity contribution is 0.304. The van der Waals surface area contributed by atoms with Gasteiger partial charge in [0, 0.05) is 35.3 Å². The van der Waals surface area contributed by atoms with Crippen LogP contribution in [0.4, 0.5) is 5.69 Å². The van der Waals surface area contributed by atoms with Crippen molar-refractivity contribution >= 4 is 21.6 Å². The molecule has 98 valence electrons. The minimum Gasteiger partial charge on any atom is -0.368 e. The number of rotatable bonds is 1. The number of hydrogen-bond acceptors (Lipinski definition) is 2. The van der Waals surface area contributed by atoms with Crippen LogP contribution in [-0.4, -0.2) is 25.2 Å². The largest absolute Gasteiger partial charge is 0.368 e. The molecule has 1 heterocycles. The quantitative estimate of drug-likeness (QED) is 0.854. The van der Waals surface area contributed by atoms with Gasteiger partial charge in [0.2, 0.25) is 0 Å². The summed E-state index contributed by atoms with van der Waals surface area (Å²) in [4.78, 5) is 2.57. The highest BCUT2D eigenvalue weighted by molar-refractivity contribution is 9.10. The van der Waals surface area contributed by atoms with Crippen LogP contribution in [0.15, 0.2) is 22.7 Å². The third-order valence-corrected chi connectivity index (χ3v) is 4.94. The van der Waals surface area contributed by atoms with Crippen molar-refractivity contribution in [1.82, 2.24) is 5.32 Å². The van der Waals surface area contributed by atoms with E-state index in [1.54, 1.807) is 0 Å². The van der Waals surface area contributed by atoms with Gasteiger partial charge in [-0.15, -0.1) is 0 Å². The third-order valence-electron chi connectivity index (χ3n) is 4.45. The summed E-state index contributed by atoms with van der Waals surface area (Å²) >= 11 is 3.60. The molecule has 2 aliphatic rings. The minimum absolute atomic E-state index is 0.396. The number of nitrogens with zero attached hydrogens (tertiary/aromatic N) is 1. The highest BCUT2D eigenvalue weighted by atomic mass is 79.9. The van der Waals surface area contributed by atoms with Crippen molar-refractivity contribution in [1.29, 1.82) is 0 Å². The zero-order valence-electron chi connectivity index (χ0n) is 11.0. The monoisotopic (exact) mass is 308 g/mol. The van der Waals surface area contributed by atoms with Gasteiger partial charge in [-0.1, -0.05) is 34.8 Å². The van der Waals surface area contributed by atoms with Gasteiger partial charge in [-0.2, -0.15) is 0 Å². The lowest BCUT2D eigenvalue weighted by atomic mass is 9.94. The van der Waals surface area contributed by atoms with E-state index in [9.17, 15) is 0 Å². The second-order valence-corrected chi connectivity index (χ2v) is 6.68. The summed E-state index contributed by atoms with van der Waals surface area (Å²) in [6.07, 6.45) is 5.46. The van der Waals surface area contributed by atoms with E-state index < -0.39 is 0 Å². The molecular weight excluding hydrogens is 288 g/mol. The first kappa shape index (κ1) is 12.5. The number of benzene rings is 1. The van der Waals surface area contributed by atoms with Crippen molar-refractivity contribution in [3.63, 3.8) is 0 Å². The summed E-state index contributed by atoms with van der Waals surface area (Å²) in [5.41, 5.74) is 3.18. The number of aryl methyl sites for hydroxylation is 1. The van der Waals surface area contributed by atoms with Crippen LogP contribution >= 0.6 is 15.9 Å². The van der Waals surface area contributed by atoms with Crippen LogP contribution < -0.4 is 10.2 Å². The molecule has 1 aromatic carbocycles. The predicted molar refractivity (Wildman–Crippen MR) is 80.3 cm³/mol. The Morgan fingerprint density at radius 3 is 2.83 bits per heavy atom. The molecule has 2 fully saturated rings. The first-order valence-corrected chi connectivity index (χ1v) is 7.74. The summed E-state index contributed by atoms with van der Waals surface area (Å²) in [6.45, 7) is 5.63. The topological polar surface area (TPSA) is 15.3 Å². The fraction of sp³-hybridized carbons (Fsp3) is 0.600. The SMILES string of the molecule is Cc1ccc(Br)cc1N1CCNC2(CCCC2)C1. The van der Waals surface area contributed by atoms with Gasteiger partial charge in [0.25, 0.3) is 0 Å². The number of piperazine rings is 1. The van der Waals surface area contributed by atoms with Crippen molar-refractivity contribution < 1.29 is 0 Å². The average molecular weight is 309 g/mol. The van der Waals surface area contributed by atoms with E-state index in [1.165, 1.54) is 48.0 Å². The van der Waals surface area contributed by atoms with Crippen molar-refractivity contribution in [3.05, 3.63) is 28.2 Å². The van der Waals surface area contributed by atoms with E-state index in [-0.39, 0.29) is 0 Å². The van der Waals surface area contributed by atoms with Crippen LogP contribution in [0, 0.1) is 6.92 Å². The molecule has 18 heavy (non-hydrogen) atoms. The Balaban J connectivity index is 1.85. The van der Waals surface area contributed by atoms with Crippen LogP contribution in [0.5, 0.6) is 0 Å². The minimum atomic E-state index is 0.396. The Labute approximate surface area is 118 Å². The standard InChI is InChI=1S/C15H21BrN2/c1-12-4-5-13(16)10-14(12)18-9-8-17-15(11-18)6-2-3-7-15/h4-5,10,17H,2-3,6-9,11H2,1H3. The summed E-state index contributed by atoms with van der Waals surface area (Å²) in [7, 11) is 0. The zero-order valence-corrected chi connectivity index (χ0v) is 12.6. The molecule has 0 bridgehead atoms. The van der Waals surface area contributed by atoms with E-state index in [1.807, 2.05) is 0 Å². The molecule has 3 heteroatoms. The van der Waals surface area contributed by atoms with Gasteiger partial charge < -0.3 is 10.2 Å². The molecule has 1 aromatic rings. The van der Waals surface area contributed by atoms with Gasteiger partial charge in [0.15, 0.2) is 0 Å². The van der Waals surface area contributed by atoms with Gasteiger partial charge in [-0.05, 0) is 37.5 Å². The third kappa shape index (κ3) is 2.30. The molecule has 1 saturated heterocycles. The summed E-state index contributed by atoms with van der Waals surface area (Å²) in [6, 6.07) is 6.61. The summed E-state index contributed by atoms with van der Waals surface area (Å²) in [5, 5.41) is 3.77. The lowest BCUT2D eigenvalue weighted by Gasteiger charge is -2.43. The van der Waals surface area contributed by atoms with Crippen molar-refractivity contribution in [2.24, 2.45) is 0 Å². The van der Waals surface area contributed by atoms with Gasteiger partial charge in [-0.25, -0.2) is 0 Å². The average Bonchev–Trinajstić information content (AvgIpc) is 2.80. The van der Waals surface area contributed by atoms with E-state index in [4.69, 9.17) is 0 Å². The zero-order chi connectivity index (χ0) is 12.6. The van der Waals surface area contributed by atoms with E-state index in [0.717, 1.165) is 13.1 Å². The fourth-order valence-corrected chi connectivity index (χ4v) is 3.82. The lowest BCUT2D eigenvalue weighted by Crippen LogP contribution is -2.59. The molecule has 1 aliphatic heterocycles. The molecule has 1 N–H and O–H groups in total. The number of anilines is 1. The van der Waals surface area contributed by atoms with E-state index in [0.29, 0.717) is 5.54 Å². The maximum Gasteiger partial charge on any atom is 0.0408 e. The second kappa shape index (κ2) is 4.86. The second-order valence-electron chi connectivity index (χ2n) is 5.77. The van der Waals surface area contributed by atoms with Gasteiger partial charge in [0.1, 0.15) is 0 Å². The molecule has 0 radical (unpaired) electrons. The first-order valence-electron chi connectivity index (χ1n) is 6.95. The Hall–Kier alpha value is -0.540. The van der Waals surface area contributed by atoms with Crippen LogP contribution in [0.25, 0.3) is 0 Å². The maximum absolute atomic E-state index is 3.77. The molecule has 0 unspecified atom stereocenters. The Bertz CT molecular complexity index is 438. The molecule has 0 amide bonds. The van der Waals surface area contributed by atoms with Gasteiger partial charge in [-0.3, -0.25) is 0 Å². The Kier molecular flexibility index (Phi) is 3.37. The van der Waals surface area contributed by atoms with E-state index in [2.05, 4.69) is 51.3 Å². The summed E-state index contributed by atoms with van der Waals surface area (Å²) in [5.74, 6) is 0. The molecule has 1 aliphatic carbocycles. The molecule has 1 saturated carbocycles. The summed E-state index contributed by atoms with van der Waals surface area (Å²) < 4.78 is 1.18. The van der Waals surface area contributed by atoms with Crippen LogP contribution in [0.3, 0.4) is 0 Å². The number of halogens is 1. The van der Waals surface area contributed by atoms with E-state index >= 15 is 0 Å². The fourth-order valence-electron chi connectivity index (χ4n) is 3.47. The Morgan fingerprint density at radius 1 is 1.28 bits per heavy atom. The van der Waals surface area contributed by atoms with Crippen LogP contribution in [0.1, 0.15) is 31.2 Å². The smallest absolute Gasteiger partial charge is 0.0408 e. The number of nitrogens with one attached hydrogen (secondary N) is 1. The molecule has 2 nitrogen and oxygen atoms in total. The van der Waals surface area contributed by atoms with Crippen molar-refractivity contribution in [2.75, 3.05) is 24.5 Å². The first-order chi connectivity index (χ1) is 8.69. The van der Waals surface area contributed by atoms with Crippen LogP contribution in [0.2, 0.25) is 0 Å². The van der Waals surface area contributed by atoms with Gasteiger partial charge in [0.05, 0.1) is 0 Å². The highest BCUT2D eigenvalue weighted by Crippen LogP contribution is 2.34. The number of hydrogen-bond donors (Lipinski definition) is 1. The normalized spacial score (nSPS) is 22.7. The maximum atomic E-state index is 3.77. The van der Waals surface area contributed by atoms with Crippen molar-refractivity contribution in [3.8, 4) is 0 Å².